The van der Waals surface area contributed by atoms with Crippen LogP contribution >= 0.6 is 0 Å². The van der Waals surface area contributed by atoms with Gasteiger partial charge in [-0.2, -0.15) is 0 Å². The summed E-state index contributed by atoms with van der Waals surface area (Å²) in [5, 5.41) is 3.10. The summed E-state index contributed by atoms with van der Waals surface area (Å²) >= 11 is 0. The van der Waals surface area contributed by atoms with Crippen LogP contribution < -0.4 is 11.1 Å². The maximum atomic E-state index is 12.4. The molecule has 6 nitrogen and oxygen atoms in total. The van der Waals surface area contributed by atoms with Gasteiger partial charge in [-0.1, -0.05) is 13.8 Å². The zero-order valence-electron chi connectivity index (χ0n) is 14.0. The highest BCUT2D eigenvalue weighted by Crippen LogP contribution is 2.21. The third-order valence-corrected chi connectivity index (χ3v) is 4.63. The average Bonchev–Trinajstić information content (AvgIpc) is 2.46. The Bertz CT molecular complexity index is 376. The Morgan fingerprint density at radius 1 is 1.33 bits per heavy atom. The van der Waals surface area contributed by atoms with Gasteiger partial charge < -0.3 is 20.9 Å². The number of amides is 3. The smallest absolute Gasteiger partial charge is 0.319 e. The lowest BCUT2D eigenvalue weighted by molar-refractivity contribution is -0.128. The zero-order valence-corrected chi connectivity index (χ0v) is 14.0. The van der Waals surface area contributed by atoms with E-state index in [0.29, 0.717) is 32.5 Å². The largest absolute Gasteiger partial charge is 0.349 e. The lowest BCUT2D eigenvalue weighted by atomic mass is 9.86. The monoisotopic (exact) mass is 298 g/mol. The Hall–Kier alpha value is -1.30. The summed E-state index contributed by atoms with van der Waals surface area (Å²) in [6.07, 6.45) is 1.42. The molecule has 0 aliphatic carbocycles. The summed E-state index contributed by atoms with van der Waals surface area (Å²) in [6, 6.07) is 0.0165. The topological polar surface area (TPSA) is 78.7 Å². The summed E-state index contributed by atoms with van der Waals surface area (Å²) in [5.74, 6) is 0.316. The molecule has 0 bridgehead atoms. The average molecular weight is 298 g/mol. The predicted molar refractivity (Wildman–Crippen MR) is 83.8 cm³/mol. The number of rotatable bonds is 4. The molecule has 1 saturated heterocycles. The molecule has 1 aliphatic heterocycles. The summed E-state index contributed by atoms with van der Waals surface area (Å²) in [6.45, 7) is 7.80. The van der Waals surface area contributed by atoms with E-state index in [2.05, 4.69) is 19.2 Å². The molecule has 1 atom stereocenters. The highest BCUT2D eigenvalue weighted by Gasteiger charge is 2.33. The van der Waals surface area contributed by atoms with E-state index >= 15 is 0 Å². The van der Waals surface area contributed by atoms with Crippen molar-refractivity contribution in [2.45, 2.75) is 39.2 Å². The second-order valence-electron chi connectivity index (χ2n) is 6.70. The molecule has 3 N–H and O–H groups in total. The maximum absolute atomic E-state index is 12.4. The van der Waals surface area contributed by atoms with Crippen molar-refractivity contribution in [3.8, 4) is 0 Å². The number of nitrogens with two attached hydrogens (primary N) is 1. The first-order chi connectivity index (χ1) is 9.71. The summed E-state index contributed by atoms with van der Waals surface area (Å²) in [7, 11) is 3.49. The minimum Gasteiger partial charge on any atom is -0.349 e. The molecule has 6 heteroatoms. The van der Waals surface area contributed by atoms with E-state index in [9.17, 15) is 9.59 Å². The lowest BCUT2D eigenvalue weighted by Gasteiger charge is -2.37. The van der Waals surface area contributed by atoms with Gasteiger partial charge in [-0.05, 0) is 25.7 Å². The minimum atomic E-state index is -0.367. The van der Waals surface area contributed by atoms with Gasteiger partial charge in [-0.15, -0.1) is 0 Å². The number of urea groups is 1. The first-order valence-electron chi connectivity index (χ1n) is 7.69. The molecule has 1 unspecified atom stereocenters. The van der Waals surface area contributed by atoms with Crippen LogP contribution in [0.5, 0.6) is 0 Å². The molecule has 0 aromatic carbocycles. The van der Waals surface area contributed by atoms with Gasteiger partial charge in [-0.3, -0.25) is 4.79 Å². The molecular formula is C15H30N4O2. The number of likely N-dealkylation sites (tertiary alicyclic amines) is 1. The van der Waals surface area contributed by atoms with Gasteiger partial charge in [0.05, 0.1) is 5.54 Å². The molecular weight excluding hydrogens is 268 g/mol. The van der Waals surface area contributed by atoms with Crippen LogP contribution in [0.15, 0.2) is 0 Å². The van der Waals surface area contributed by atoms with Gasteiger partial charge in [0.1, 0.15) is 0 Å². The molecule has 0 radical (unpaired) electrons. The molecule has 1 aliphatic rings. The van der Waals surface area contributed by atoms with Crippen molar-refractivity contribution >= 4 is 11.9 Å². The Morgan fingerprint density at radius 2 is 1.86 bits per heavy atom. The number of carbonyl (C=O) groups is 2. The highest BCUT2D eigenvalue weighted by atomic mass is 16.2. The van der Waals surface area contributed by atoms with Crippen molar-refractivity contribution < 1.29 is 9.59 Å². The van der Waals surface area contributed by atoms with Gasteiger partial charge in [0.25, 0.3) is 0 Å². The first-order valence-corrected chi connectivity index (χ1v) is 7.69. The normalized spacial score (nSPS) is 19.3. The van der Waals surface area contributed by atoms with E-state index < -0.39 is 0 Å². The van der Waals surface area contributed by atoms with E-state index in [4.69, 9.17) is 5.73 Å². The number of piperidine rings is 1. The van der Waals surface area contributed by atoms with E-state index in [-0.39, 0.29) is 29.3 Å². The van der Waals surface area contributed by atoms with Crippen molar-refractivity contribution in [3.05, 3.63) is 0 Å². The van der Waals surface area contributed by atoms with Crippen LogP contribution in [0.25, 0.3) is 0 Å². The summed E-state index contributed by atoms with van der Waals surface area (Å²) < 4.78 is 0. The van der Waals surface area contributed by atoms with Crippen LogP contribution in [0.4, 0.5) is 4.79 Å². The fourth-order valence-electron chi connectivity index (χ4n) is 2.43. The van der Waals surface area contributed by atoms with Crippen molar-refractivity contribution in [2.24, 2.45) is 17.6 Å². The van der Waals surface area contributed by atoms with Crippen molar-refractivity contribution in [2.75, 3.05) is 33.7 Å². The van der Waals surface area contributed by atoms with Crippen molar-refractivity contribution in [1.29, 1.82) is 0 Å². The van der Waals surface area contributed by atoms with Crippen LogP contribution in [0, 0.1) is 11.8 Å². The number of nitrogens with one attached hydrogen (secondary N) is 1. The van der Waals surface area contributed by atoms with Crippen LogP contribution in [0.1, 0.15) is 33.6 Å². The third kappa shape index (κ3) is 4.33. The molecule has 1 fully saturated rings. The fraction of sp³-hybridized carbons (Fsp3) is 0.867. The van der Waals surface area contributed by atoms with Crippen molar-refractivity contribution in [3.63, 3.8) is 0 Å². The Balaban J connectivity index is 2.54. The molecule has 122 valence electrons. The molecule has 0 aromatic rings. The van der Waals surface area contributed by atoms with E-state index in [1.54, 1.807) is 23.9 Å². The number of carbonyl (C=O) groups excluding carboxylic acids is 2. The van der Waals surface area contributed by atoms with Crippen LogP contribution in [-0.4, -0.2) is 61.0 Å². The molecule has 21 heavy (non-hydrogen) atoms. The van der Waals surface area contributed by atoms with E-state index in [1.165, 1.54) is 0 Å². The van der Waals surface area contributed by atoms with Crippen LogP contribution in [0.3, 0.4) is 0 Å². The molecule has 1 rings (SSSR count). The standard InChI is InChI=1S/C15H30N4O2/c1-11(2)15(3,10-16)17-13(20)12-6-8-19(9-7-12)14(21)18(4)5/h11-12H,6-10,16H2,1-5H3,(H,17,20). The lowest BCUT2D eigenvalue weighted by Crippen LogP contribution is -2.57. The predicted octanol–water partition coefficient (Wildman–Crippen LogP) is 0.870. The van der Waals surface area contributed by atoms with Gasteiger partial charge in [0.15, 0.2) is 0 Å². The first kappa shape index (κ1) is 17.8. The number of nitrogens with zero attached hydrogens (tertiary/aromatic N) is 2. The van der Waals surface area contributed by atoms with Crippen molar-refractivity contribution in [1.82, 2.24) is 15.1 Å². The molecule has 3 amide bonds. The Morgan fingerprint density at radius 3 is 2.24 bits per heavy atom. The second-order valence-corrected chi connectivity index (χ2v) is 6.70. The van der Waals surface area contributed by atoms with Gasteiger partial charge in [0.2, 0.25) is 5.91 Å². The quantitative estimate of drug-likeness (QED) is 0.808. The highest BCUT2D eigenvalue weighted by molar-refractivity contribution is 5.80. The van der Waals surface area contributed by atoms with Crippen LogP contribution in [-0.2, 0) is 4.79 Å². The zero-order chi connectivity index (χ0) is 16.2. The molecule has 1 heterocycles. The van der Waals surface area contributed by atoms with Gasteiger partial charge in [0, 0.05) is 39.6 Å². The maximum Gasteiger partial charge on any atom is 0.319 e. The molecule has 0 spiro atoms. The summed E-state index contributed by atoms with van der Waals surface area (Å²) in [5.41, 5.74) is 5.44. The molecule has 0 saturated carbocycles. The second kappa shape index (κ2) is 7.11. The fourth-order valence-corrected chi connectivity index (χ4v) is 2.43. The SMILES string of the molecule is CC(C)C(C)(CN)NC(=O)C1CCN(C(=O)N(C)C)CC1. The third-order valence-electron chi connectivity index (χ3n) is 4.63. The number of hydrogen-bond donors (Lipinski definition) is 2. The Kier molecular flexibility index (Phi) is 6.01. The van der Waals surface area contributed by atoms with Gasteiger partial charge in [-0.25, -0.2) is 4.79 Å². The minimum absolute atomic E-state index is 0.0165. The summed E-state index contributed by atoms with van der Waals surface area (Å²) in [4.78, 5) is 27.7. The Labute approximate surface area is 128 Å². The number of hydrogen-bond acceptors (Lipinski definition) is 3. The van der Waals surface area contributed by atoms with E-state index in [0.717, 1.165) is 0 Å². The molecule has 0 aromatic heterocycles. The van der Waals surface area contributed by atoms with Gasteiger partial charge >= 0.3 is 6.03 Å². The van der Waals surface area contributed by atoms with E-state index in [1.807, 2.05) is 6.92 Å². The van der Waals surface area contributed by atoms with Crippen LogP contribution in [0.2, 0.25) is 0 Å².